The minimum absolute atomic E-state index is 0.153. The van der Waals surface area contributed by atoms with Crippen molar-refractivity contribution in [3.8, 4) is 0 Å². The molecule has 0 atom stereocenters. The van der Waals surface area contributed by atoms with Crippen molar-refractivity contribution in [2.75, 3.05) is 13.1 Å². The highest BCUT2D eigenvalue weighted by Gasteiger charge is 2.25. The number of aliphatic carboxylic acids is 1. The fourth-order valence-electron chi connectivity index (χ4n) is 1.78. The zero-order valence-corrected chi connectivity index (χ0v) is 9.24. The second kappa shape index (κ2) is 4.91. The standard InChI is InChI=1S/C8H16N2O4S/c9-15(13,14)10-5-3-7(4-6-10)1-2-8(11)12/h7H,1-6H2,(H,11,12)(H2,9,13,14). The quantitative estimate of drug-likeness (QED) is 0.703. The van der Waals surface area contributed by atoms with E-state index >= 15 is 0 Å². The molecule has 0 spiro atoms. The predicted octanol–water partition coefficient (Wildman–Crippen LogP) is -0.233. The fraction of sp³-hybridized carbons (Fsp3) is 0.875. The largest absolute Gasteiger partial charge is 0.481 e. The summed E-state index contributed by atoms with van der Waals surface area (Å²) in [5, 5.41) is 13.5. The maximum Gasteiger partial charge on any atom is 0.303 e. The number of hydrogen-bond donors (Lipinski definition) is 2. The summed E-state index contributed by atoms with van der Waals surface area (Å²) in [5.41, 5.74) is 0. The topological polar surface area (TPSA) is 101 Å². The van der Waals surface area contributed by atoms with Crippen molar-refractivity contribution in [2.24, 2.45) is 11.1 Å². The molecule has 0 bridgehead atoms. The van der Waals surface area contributed by atoms with Gasteiger partial charge in [-0.3, -0.25) is 4.79 Å². The Hall–Kier alpha value is -0.660. The van der Waals surface area contributed by atoms with E-state index in [9.17, 15) is 13.2 Å². The predicted molar refractivity (Wildman–Crippen MR) is 54.3 cm³/mol. The molecule has 0 aromatic carbocycles. The second-order valence-corrected chi connectivity index (χ2v) is 5.37. The molecule has 0 radical (unpaired) electrons. The summed E-state index contributed by atoms with van der Waals surface area (Å²) in [6.07, 6.45) is 2.17. The highest BCUT2D eigenvalue weighted by molar-refractivity contribution is 7.86. The highest BCUT2D eigenvalue weighted by Crippen LogP contribution is 2.22. The fourth-order valence-corrected chi connectivity index (χ4v) is 2.50. The molecule has 0 aromatic rings. The Kier molecular flexibility index (Phi) is 4.06. The first kappa shape index (κ1) is 12.4. The Morgan fingerprint density at radius 1 is 1.40 bits per heavy atom. The molecule has 0 unspecified atom stereocenters. The lowest BCUT2D eigenvalue weighted by Crippen LogP contribution is -2.42. The van der Waals surface area contributed by atoms with Crippen molar-refractivity contribution in [3.63, 3.8) is 0 Å². The van der Waals surface area contributed by atoms with Gasteiger partial charge in [-0.25, -0.2) is 5.14 Å². The lowest BCUT2D eigenvalue weighted by atomic mass is 9.93. The molecule has 1 rings (SSSR count). The Balaban J connectivity index is 2.33. The number of nitrogens with zero attached hydrogens (tertiary/aromatic N) is 1. The van der Waals surface area contributed by atoms with Crippen LogP contribution >= 0.6 is 0 Å². The van der Waals surface area contributed by atoms with Gasteiger partial charge in [0.2, 0.25) is 0 Å². The molecule has 1 aliphatic heterocycles. The number of carboxylic acid groups (broad SMARTS) is 1. The molecule has 7 heteroatoms. The third-order valence-corrected chi connectivity index (χ3v) is 3.78. The number of carbonyl (C=O) groups is 1. The minimum atomic E-state index is -3.56. The van der Waals surface area contributed by atoms with Gasteiger partial charge in [-0.2, -0.15) is 12.7 Å². The van der Waals surface area contributed by atoms with Crippen LogP contribution in [0.2, 0.25) is 0 Å². The summed E-state index contributed by atoms with van der Waals surface area (Å²) >= 11 is 0. The van der Waals surface area contributed by atoms with Gasteiger partial charge in [-0.15, -0.1) is 0 Å². The molecule has 0 saturated carbocycles. The number of nitrogens with two attached hydrogens (primary N) is 1. The summed E-state index contributed by atoms with van der Waals surface area (Å²) in [5.74, 6) is -0.497. The lowest BCUT2D eigenvalue weighted by molar-refractivity contribution is -0.137. The maximum atomic E-state index is 11.0. The summed E-state index contributed by atoms with van der Waals surface area (Å²) in [4.78, 5) is 10.3. The van der Waals surface area contributed by atoms with Crippen molar-refractivity contribution in [1.82, 2.24) is 4.31 Å². The van der Waals surface area contributed by atoms with Gasteiger partial charge in [-0.1, -0.05) is 0 Å². The van der Waals surface area contributed by atoms with Crippen LogP contribution in [0.25, 0.3) is 0 Å². The second-order valence-electron chi connectivity index (χ2n) is 3.82. The Morgan fingerprint density at radius 2 is 1.93 bits per heavy atom. The number of carboxylic acids is 1. The normalized spacial score (nSPS) is 20.3. The van der Waals surface area contributed by atoms with E-state index in [0.717, 1.165) is 0 Å². The van der Waals surface area contributed by atoms with Gasteiger partial charge in [0.15, 0.2) is 0 Å². The molecule has 0 amide bonds. The summed E-state index contributed by atoms with van der Waals surface area (Å²) in [6.45, 7) is 0.812. The van der Waals surface area contributed by atoms with Crippen LogP contribution in [0.4, 0.5) is 0 Å². The molecule has 15 heavy (non-hydrogen) atoms. The molecule has 0 aliphatic carbocycles. The zero-order chi connectivity index (χ0) is 11.5. The molecule has 3 N–H and O–H groups in total. The van der Waals surface area contributed by atoms with Crippen molar-refractivity contribution >= 4 is 16.2 Å². The van der Waals surface area contributed by atoms with Gasteiger partial charge >= 0.3 is 5.97 Å². The SMILES string of the molecule is NS(=O)(=O)N1CCC(CCC(=O)O)CC1. The van der Waals surface area contributed by atoms with E-state index < -0.39 is 16.2 Å². The Labute approximate surface area is 89.2 Å². The van der Waals surface area contributed by atoms with Crippen LogP contribution in [0, 0.1) is 5.92 Å². The van der Waals surface area contributed by atoms with E-state index in [1.165, 1.54) is 4.31 Å². The van der Waals surface area contributed by atoms with Crippen LogP contribution < -0.4 is 5.14 Å². The Bertz CT molecular complexity index is 320. The molecular weight excluding hydrogens is 220 g/mol. The molecule has 1 heterocycles. The maximum absolute atomic E-state index is 11.0. The molecular formula is C8H16N2O4S. The molecule has 88 valence electrons. The first-order valence-corrected chi connectivity index (χ1v) is 6.39. The summed E-state index contributed by atoms with van der Waals surface area (Å²) in [6, 6.07) is 0. The van der Waals surface area contributed by atoms with Crippen LogP contribution in [0.3, 0.4) is 0 Å². The minimum Gasteiger partial charge on any atom is -0.481 e. The van der Waals surface area contributed by atoms with Crippen LogP contribution in [0.5, 0.6) is 0 Å². The molecule has 1 fully saturated rings. The van der Waals surface area contributed by atoms with E-state index in [-0.39, 0.29) is 6.42 Å². The van der Waals surface area contributed by atoms with E-state index in [1.807, 2.05) is 0 Å². The Morgan fingerprint density at radius 3 is 2.33 bits per heavy atom. The smallest absolute Gasteiger partial charge is 0.303 e. The van der Waals surface area contributed by atoms with Gasteiger partial charge < -0.3 is 5.11 Å². The van der Waals surface area contributed by atoms with Gasteiger partial charge in [0.1, 0.15) is 0 Å². The summed E-state index contributed by atoms with van der Waals surface area (Å²) in [7, 11) is -3.56. The third kappa shape index (κ3) is 4.15. The molecule has 0 aromatic heterocycles. The van der Waals surface area contributed by atoms with Crippen LogP contribution in [0.1, 0.15) is 25.7 Å². The van der Waals surface area contributed by atoms with Crippen molar-refractivity contribution in [2.45, 2.75) is 25.7 Å². The first-order chi connectivity index (χ1) is 6.89. The van der Waals surface area contributed by atoms with Gasteiger partial charge in [0, 0.05) is 19.5 Å². The first-order valence-electron chi connectivity index (χ1n) is 4.89. The van der Waals surface area contributed by atoms with E-state index in [2.05, 4.69) is 0 Å². The van der Waals surface area contributed by atoms with E-state index in [1.54, 1.807) is 0 Å². The molecule has 6 nitrogen and oxygen atoms in total. The van der Waals surface area contributed by atoms with Crippen LogP contribution in [-0.2, 0) is 15.0 Å². The van der Waals surface area contributed by atoms with E-state index in [4.69, 9.17) is 10.2 Å². The summed E-state index contributed by atoms with van der Waals surface area (Å²) < 4.78 is 23.2. The van der Waals surface area contributed by atoms with Gasteiger partial charge in [0.05, 0.1) is 0 Å². The van der Waals surface area contributed by atoms with Gasteiger partial charge in [-0.05, 0) is 25.2 Å². The molecule has 1 aliphatic rings. The average Bonchev–Trinajstić information content (AvgIpc) is 2.14. The van der Waals surface area contributed by atoms with Crippen molar-refractivity contribution < 1.29 is 18.3 Å². The van der Waals surface area contributed by atoms with Gasteiger partial charge in [0.25, 0.3) is 10.2 Å². The zero-order valence-electron chi connectivity index (χ0n) is 8.42. The average molecular weight is 236 g/mol. The number of hydrogen-bond acceptors (Lipinski definition) is 3. The number of rotatable bonds is 4. The van der Waals surface area contributed by atoms with Crippen molar-refractivity contribution in [1.29, 1.82) is 0 Å². The number of piperidine rings is 1. The van der Waals surface area contributed by atoms with Crippen molar-refractivity contribution in [3.05, 3.63) is 0 Å². The lowest BCUT2D eigenvalue weighted by Gasteiger charge is -2.29. The highest BCUT2D eigenvalue weighted by atomic mass is 32.2. The monoisotopic (exact) mass is 236 g/mol. The van der Waals surface area contributed by atoms with E-state index in [0.29, 0.717) is 38.3 Å². The van der Waals surface area contributed by atoms with Crippen LogP contribution in [-0.4, -0.2) is 36.9 Å². The molecule has 1 saturated heterocycles. The third-order valence-electron chi connectivity index (χ3n) is 2.70. The van der Waals surface area contributed by atoms with Crippen LogP contribution in [0.15, 0.2) is 0 Å².